The Morgan fingerprint density at radius 2 is 1.16 bits per heavy atom. The Hall–Kier alpha value is -5.46. The largest absolute Gasteiger partial charge is 0.392 e. The van der Waals surface area contributed by atoms with E-state index in [-0.39, 0.29) is 19.8 Å². The lowest BCUT2D eigenvalue weighted by Crippen LogP contribution is -2.04. The third-order valence-electron chi connectivity index (χ3n) is 10.8. The normalized spacial score (nSPS) is 11.6. The van der Waals surface area contributed by atoms with Crippen LogP contribution < -0.4 is 0 Å². The molecule has 3 N–H and O–H groups in total. The molecule has 2 aliphatic rings. The molecule has 0 radical (unpaired) electrons. The van der Waals surface area contributed by atoms with Crippen LogP contribution >= 0.6 is 0 Å². The molecular formula is C57H66O6. The van der Waals surface area contributed by atoms with Gasteiger partial charge in [0.25, 0.3) is 0 Å². The van der Waals surface area contributed by atoms with Gasteiger partial charge in [-0.1, -0.05) is 149 Å². The highest BCUT2D eigenvalue weighted by molar-refractivity contribution is 5.74. The molecule has 0 saturated heterocycles. The van der Waals surface area contributed by atoms with Crippen LogP contribution in [0.4, 0.5) is 0 Å². The van der Waals surface area contributed by atoms with E-state index >= 15 is 0 Å². The Kier molecular flexibility index (Phi) is 23.7. The van der Waals surface area contributed by atoms with Crippen LogP contribution in [-0.2, 0) is 66.7 Å². The zero-order valence-corrected chi connectivity index (χ0v) is 37.7. The molecule has 0 spiro atoms. The lowest BCUT2D eigenvalue weighted by Gasteiger charge is -2.18. The number of ether oxygens (including phenoxy) is 3. The van der Waals surface area contributed by atoms with Crippen molar-refractivity contribution in [1.82, 2.24) is 0 Å². The fourth-order valence-electron chi connectivity index (χ4n) is 7.60. The standard InChI is InChI=1S/2C19H22O2.C10H14O.C9H8O/c1-2-3-9-16-18(11-20)17(14-7-5-4-6-8-14)10-15-12-21-13-19(15)16;1-2-3-9-17-18-13-21-12-16(18)10-15(11-20)19(17)14-7-5-4-6-8-14;1-3-5-6-7-8-10-11-9-4-2;10-8-4-7-9-5-2-1-3-6-9/h2*4-8,10,20H,2-3,9,11-13H2,1H3;2H,3,5-6,9-10H2,1H3;1-3,5-6,10H,8H2. The lowest BCUT2D eigenvalue weighted by molar-refractivity contribution is 0.134. The van der Waals surface area contributed by atoms with Gasteiger partial charge >= 0.3 is 0 Å². The molecule has 5 aromatic carbocycles. The van der Waals surface area contributed by atoms with Gasteiger partial charge in [0.2, 0.25) is 0 Å². The second-order valence-electron chi connectivity index (χ2n) is 15.3. The van der Waals surface area contributed by atoms with E-state index in [1.54, 1.807) is 0 Å². The Morgan fingerprint density at radius 3 is 1.73 bits per heavy atom. The zero-order chi connectivity index (χ0) is 44.9. The zero-order valence-electron chi connectivity index (χ0n) is 37.7. The van der Waals surface area contributed by atoms with Crippen LogP contribution in [0.2, 0.25) is 0 Å². The number of terminal acetylenes is 1. The highest BCUT2D eigenvalue weighted by Gasteiger charge is 2.23. The first-order valence-electron chi connectivity index (χ1n) is 22.5. The maximum absolute atomic E-state index is 9.95. The molecule has 0 unspecified atom stereocenters. The van der Waals surface area contributed by atoms with Crippen molar-refractivity contribution in [2.45, 2.75) is 118 Å². The third kappa shape index (κ3) is 16.0. The fraction of sp³-hybridized carbons (Fsp3) is 0.368. The predicted molar refractivity (Wildman–Crippen MR) is 257 cm³/mol. The predicted octanol–water partition coefficient (Wildman–Crippen LogP) is 11.3. The van der Waals surface area contributed by atoms with Crippen LogP contribution in [0.5, 0.6) is 0 Å². The minimum absolute atomic E-state index is 0.0745. The maximum atomic E-state index is 9.95. The molecule has 0 bridgehead atoms. The summed E-state index contributed by atoms with van der Waals surface area (Å²) in [6.45, 7) is 10.3. The van der Waals surface area contributed by atoms with Crippen molar-refractivity contribution in [1.29, 1.82) is 0 Å². The van der Waals surface area contributed by atoms with Crippen molar-refractivity contribution < 1.29 is 29.5 Å². The van der Waals surface area contributed by atoms with E-state index in [1.807, 2.05) is 54.6 Å². The number of benzene rings is 5. The van der Waals surface area contributed by atoms with Gasteiger partial charge < -0.3 is 29.5 Å². The monoisotopic (exact) mass is 846 g/mol. The van der Waals surface area contributed by atoms with Crippen LogP contribution in [-0.4, -0.2) is 35.1 Å². The summed E-state index contributed by atoms with van der Waals surface area (Å²) in [5.41, 5.74) is 15.7. The highest BCUT2D eigenvalue weighted by atomic mass is 16.5. The molecule has 63 heavy (non-hydrogen) atoms. The van der Waals surface area contributed by atoms with Gasteiger partial charge in [0.05, 0.1) is 39.6 Å². The summed E-state index contributed by atoms with van der Waals surface area (Å²) in [6.07, 6.45) is 15.0. The Bertz CT molecular complexity index is 2250. The maximum Gasteiger partial charge on any atom is 0.109 e. The van der Waals surface area contributed by atoms with Crippen molar-refractivity contribution in [2.24, 2.45) is 0 Å². The average molecular weight is 847 g/mol. The van der Waals surface area contributed by atoms with Gasteiger partial charge in [-0.15, -0.1) is 12.3 Å². The second-order valence-corrected chi connectivity index (χ2v) is 15.3. The number of hydrogen-bond acceptors (Lipinski definition) is 6. The summed E-state index contributed by atoms with van der Waals surface area (Å²) in [4.78, 5) is 0. The topological polar surface area (TPSA) is 88.4 Å². The van der Waals surface area contributed by atoms with Crippen LogP contribution in [0.15, 0.2) is 103 Å². The second kappa shape index (κ2) is 29.8. The molecule has 0 saturated carbocycles. The molecule has 5 aromatic rings. The van der Waals surface area contributed by atoms with Crippen LogP contribution in [0, 0.1) is 36.0 Å². The number of rotatable bonds is 14. The van der Waals surface area contributed by atoms with Crippen molar-refractivity contribution >= 4 is 0 Å². The quantitative estimate of drug-likeness (QED) is 0.0762. The Morgan fingerprint density at radius 1 is 0.587 bits per heavy atom. The van der Waals surface area contributed by atoms with Crippen molar-refractivity contribution in [3.8, 4) is 58.3 Å². The first-order valence-corrected chi connectivity index (χ1v) is 22.5. The molecule has 0 aliphatic carbocycles. The van der Waals surface area contributed by atoms with E-state index in [0.717, 1.165) is 54.4 Å². The van der Waals surface area contributed by atoms with E-state index in [4.69, 9.17) is 25.7 Å². The summed E-state index contributed by atoms with van der Waals surface area (Å²) in [7, 11) is 0. The molecular weight excluding hydrogens is 781 g/mol. The molecule has 2 heterocycles. The van der Waals surface area contributed by atoms with Gasteiger partial charge in [-0.2, -0.15) is 0 Å². The van der Waals surface area contributed by atoms with Crippen molar-refractivity contribution in [3.05, 3.63) is 153 Å². The van der Waals surface area contributed by atoms with Crippen LogP contribution in [0.3, 0.4) is 0 Å². The summed E-state index contributed by atoms with van der Waals surface area (Å²) >= 11 is 0. The van der Waals surface area contributed by atoms with Crippen molar-refractivity contribution in [2.75, 3.05) is 19.8 Å². The summed E-state index contributed by atoms with van der Waals surface area (Å²) in [5, 5.41) is 28.1. The summed E-state index contributed by atoms with van der Waals surface area (Å²) < 4.78 is 16.2. The minimum atomic E-state index is -0.0745. The SMILES string of the molecule is C#CCOCC#CCCCC.CCCCc1c2c(cc(-c3ccccc3)c1CO)COC2.CCCCc1c2c(cc(CO)c1-c1ccccc1)COC2.OCC#Cc1ccccc1. The average Bonchev–Trinajstić information content (AvgIpc) is 4.03. The van der Waals surface area contributed by atoms with Gasteiger partial charge in [-0.05, 0) is 117 Å². The summed E-state index contributed by atoms with van der Waals surface area (Å²) in [6, 6.07) is 34.7. The first-order chi connectivity index (χ1) is 31.0. The number of fused-ring (bicyclic) bond motifs is 2. The molecule has 6 nitrogen and oxygen atoms in total. The van der Waals surface area contributed by atoms with Crippen LogP contribution in [0.25, 0.3) is 22.3 Å². The van der Waals surface area contributed by atoms with E-state index in [9.17, 15) is 10.2 Å². The Balaban J connectivity index is 0.000000195. The van der Waals surface area contributed by atoms with Crippen molar-refractivity contribution in [3.63, 3.8) is 0 Å². The molecule has 0 atom stereocenters. The Labute approximate surface area is 377 Å². The highest BCUT2D eigenvalue weighted by Crippen LogP contribution is 2.38. The number of aliphatic hydroxyl groups excluding tert-OH is 3. The van der Waals surface area contributed by atoms with Gasteiger partial charge in [-0.3, -0.25) is 0 Å². The first kappa shape index (κ1) is 50.2. The van der Waals surface area contributed by atoms with Gasteiger partial charge in [-0.25, -0.2) is 0 Å². The van der Waals surface area contributed by atoms with E-state index in [1.165, 1.54) is 75.8 Å². The minimum Gasteiger partial charge on any atom is -0.392 e. The smallest absolute Gasteiger partial charge is 0.109 e. The van der Waals surface area contributed by atoms with Gasteiger partial charge in [0.15, 0.2) is 0 Å². The number of hydrogen-bond donors (Lipinski definition) is 3. The van der Waals surface area contributed by atoms with E-state index < -0.39 is 0 Å². The summed E-state index contributed by atoms with van der Waals surface area (Å²) in [5.74, 6) is 13.6. The van der Waals surface area contributed by atoms with Crippen LogP contribution in [0.1, 0.15) is 116 Å². The molecule has 0 aromatic heterocycles. The molecule has 0 amide bonds. The lowest BCUT2D eigenvalue weighted by atomic mass is 9.86. The molecule has 2 aliphatic heterocycles. The molecule has 0 fully saturated rings. The fourth-order valence-corrected chi connectivity index (χ4v) is 7.60. The molecule has 7 rings (SSSR count). The number of aliphatic hydroxyl groups is 3. The van der Waals surface area contributed by atoms with Gasteiger partial charge in [0, 0.05) is 12.0 Å². The molecule has 330 valence electrons. The van der Waals surface area contributed by atoms with Gasteiger partial charge in [0.1, 0.15) is 19.8 Å². The van der Waals surface area contributed by atoms with E-state index in [0.29, 0.717) is 39.6 Å². The number of unbranched alkanes of at least 4 members (excludes halogenated alkanes) is 4. The molecule has 6 heteroatoms. The van der Waals surface area contributed by atoms with E-state index in [2.05, 4.69) is 98.9 Å². The third-order valence-corrected chi connectivity index (χ3v) is 10.8.